The fourth-order valence-corrected chi connectivity index (χ4v) is 2.37. The molecule has 0 aliphatic rings. The van der Waals surface area contributed by atoms with E-state index < -0.39 is 0 Å². The Bertz CT molecular complexity index is 516. The van der Waals surface area contributed by atoms with Crippen molar-refractivity contribution in [2.45, 2.75) is 32.7 Å². The van der Waals surface area contributed by atoms with E-state index in [2.05, 4.69) is 63.2 Å². The summed E-state index contributed by atoms with van der Waals surface area (Å²) in [6.45, 7) is 6.49. The second kappa shape index (κ2) is 5.36. The highest BCUT2D eigenvalue weighted by Gasteiger charge is 2.18. The van der Waals surface area contributed by atoms with Gasteiger partial charge in [-0.15, -0.1) is 0 Å². The molecule has 2 atom stereocenters. The first-order valence-electron chi connectivity index (χ1n) is 6.48. The minimum atomic E-state index is 0.0484. The summed E-state index contributed by atoms with van der Waals surface area (Å²) in [4.78, 5) is 0. The molecular formula is C17H21N. The average Bonchev–Trinajstić information content (AvgIpc) is 2.41. The molecule has 2 N–H and O–H groups in total. The van der Waals surface area contributed by atoms with Crippen LogP contribution in [-0.4, -0.2) is 0 Å². The smallest absolute Gasteiger partial charge is 0.0364 e. The van der Waals surface area contributed by atoms with E-state index in [1.54, 1.807) is 0 Å². The Morgan fingerprint density at radius 3 is 2.22 bits per heavy atom. The molecule has 1 nitrogen and oxygen atoms in total. The highest BCUT2D eigenvalue weighted by Crippen LogP contribution is 2.30. The van der Waals surface area contributed by atoms with Crippen LogP contribution in [0.1, 0.15) is 41.1 Å². The first kappa shape index (κ1) is 12.8. The third-order valence-corrected chi connectivity index (χ3v) is 3.87. The molecule has 0 radical (unpaired) electrons. The molecule has 0 bridgehead atoms. The van der Waals surface area contributed by atoms with Crippen molar-refractivity contribution in [3.05, 3.63) is 70.8 Å². The van der Waals surface area contributed by atoms with Gasteiger partial charge in [-0.05, 0) is 36.1 Å². The van der Waals surface area contributed by atoms with Crippen LogP contribution in [0.15, 0.2) is 48.5 Å². The van der Waals surface area contributed by atoms with Crippen LogP contribution < -0.4 is 5.73 Å². The van der Waals surface area contributed by atoms with Crippen molar-refractivity contribution >= 4 is 0 Å². The molecule has 0 aliphatic carbocycles. The predicted molar refractivity (Wildman–Crippen MR) is 77.7 cm³/mol. The first-order valence-corrected chi connectivity index (χ1v) is 6.48. The van der Waals surface area contributed by atoms with Gasteiger partial charge in [0.25, 0.3) is 0 Å². The van der Waals surface area contributed by atoms with E-state index in [-0.39, 0.29) is 6.04 Å². The van der Waals surface area contributed by atoms with Gasteiger partial charge in [0.05, 0.1) is 0 Å². The summed E-state index contributed by atoms with van der Waals surface area (Å²) in [5.74, 6) is 0.326. The van der Waals surface area contributed by atoms with Gasteiger partial charge in [0.15, 0.2) is 0 Å². The summed E-state index contributed by atoms with van der Waals surface area (Å²) < 4.78 is 0. The van der Waals surface area contributed by atoms with Crippen LogP contribution in [0.4, 0.5) is 0 Å². The Labute approximate surface area is 110 Å². The van der Waals surface area contributed by atoms with E-state index in [9.17, 15) is 0 Å². The zero-order chi connectivity index (χ0) is 13.1. The lowest BCUT2D eigenvalue weighted by Gasteiger charge is -2.23. The van der Waals surface area contributed by atoms with Gasteiger partial charge in [-0.2, -0.15) is 0 Å². The molecular weight excluding hydrogens is 218 g/mol. The second-order valence-electron chi connectivity index (χ2n) is 5.01. The van der Waals surface area contributed by atoms with Crippen molar-refractivity contribution in [2.24, 2.45) is 5.73 Å². The van der Waals surface area contributed by atoms with Crippen LogP contribution in [-0.2, 0) is 0 Å². The van der Waals surface area contributed by atoms with Crippen molar-refractivity contribution < 1.29 is 0 Å². The van der Waals surface area contributed by atoms with Gasteiger partial charge in [-0.25, -0.2) is 0 Å². The highest BCUT2D eigenvalue weighted by atomic mass is 14.6. The summed E-state index contributed by atoms with van der Waals surface area (Å²) in [6.07, 6.45) is 0. The number of nitrogens with two attached hydrogens (primary N) is 1. The molecule has 0 saturated heterocycles. The fourth-order valence-electron chi connectivity index (χ4n) is 2.37. The quantitative estimate of drug-likeness (QED) is 0.857. The molecule has 2 unspecified atom stereocenters. The normalized spacial score (nSPS) is 14.2. The maximum Gasteiger partial charge on any atom is 0.0364 e. The third kappa shape index (κ3) is 2.46. The van der Waals surface area contributed by atoms with E-state index in [1.807, 2.05) is 6.07 Å². The largest absolute Gasteiger partial charge is 0.323 e. The lowest BCUT2D eigenvalue weighted by molar-refractivity contribution is 0.594. The number of hydrogen-bond donors (Lipinski definition) is 1. The Morgan fingerprint density at radius 2 is 1.56 bits per heavy atom. The number of benzene rings is 2. The summed E-state index contributed by atoms with van der Waals surface area (Å²) in [5.41, 5.74) is 11.6. The maximum atomic E-state index is 6.44. The highest BCUT2D eigenvalue weighted by molar-refractivity contribution is 5.37. The van der Waals surface area contributed by atoms with Crippen LogP contribution in [0.2, 0.25) is 0 Å². The topological polar surface area (TPSA) is 26.0 Å². The van der Waals surface area contributed by atoms with Crippen molar-refractivity contribution in [2.75, 3.05) is 0 Å². The Hall–Kier alpha value is -1.60. The fraction of sp³-hybridized carbons (Fsp3) is 0.294. The summed E-state index contributed by atoms with van der Waals surface area (Å²) >= 11 is 0. The van der Waals surface area contributed by atoms with Crippen LogP contribution >= 0.6 is 0 Å². The number of aryl methyl sites for hydroxylation is 1. The zero-order valence-electron chi connectivity index (χ0n) is 11.4. The predicted octanol–water partition coefficient (Wildman–Crippen LogP) is 4.11. The van der Waals surface area contributed by atoms with E-state index in [0.717, 1.165) is 0 Å². The van der Waals surface area contributed by atoms with Crippen LogP contribution in [0, 0.1) is 13.8 Å². The molecule has 2 rings (SSSR count). The van der Waals surface area contributed by atoms with Gasteiger partial charge < -0.3 is 5.73 Å². The van der Waals surface area contributed by atoms with Gasteiger partial charge in [0.1, 0.15) is 0 Å². The van der Waals surface area contributed by atoms with E-state index in [0.29, 0.717) is 5.92 Å². The molecule has 0 aliphatic heterocycles. The van der Waals surface area contributed by atoms with Crippen molar-refractivity contribution in [3.63, 3.8) is 0 Å². The maximum absolute atomic E-state index is 6.44. The molecule has 94 valence electrons. The molecule has 18 heavy (non-hydrogen) atoms. The van der Waals surface area contributed by atoms with Crippen molar-refractivity contribution in [1.29, 1.82) is 0 Å². The minimum absolute atomic E-state index is 0.0484. The van der Waals surface area contributed by atoms with E-state index >= 15 is 0 Å². The third-order valence-electron chi connectivity index (χ3n) is 3.87. The summed E-state index contributed by atoms with van der Waals surface area (Å²) in [6, 6.07) is 16.9. The monoisotopic (exact) mass is 239 g/mol. The molecule has 2 aromatic carbocycles. The van der Waals surface area contributed by atoms with Gasteiger partial charge in [0, 0.05) is 12.0 Å². The van der Waals surface area contributed by atoms with Gasteiger partial charge in [-0.3, -0.25) is 0 Å². The molecule has 0 heterocycles. The lowest BCUT2D eigenvalue weighted by Crippen LogP contribution is -2.19. The van der Waals surface area contributed by atoms with Crippen LogP contribution in [0.5, 0.6) is 0 Å². The zero-order valence-corrected chi connectivity index (χ0v) is 11.4. The van der Waals surface area contributed by atoms with Gasteiger partial charge in [0.2, 0.25) is 0 Å². The molecule has 1 heteroatoms. The Kier molecular flexibility index (Phi) is 3.83. The van der Waals surface area contributed by atoms with Crippen LogP contribution in [0.25, 0.3) is 0 Å². The summed E-state index contributed by atoms with van der Waals surface area (Å²) in [5, 5.41) is 0. The Morgan fingerprint density at radius 1 is 0.889 bits per heavy atom. The molecule has 2 aromatic rings. The first-order chi connectivity index (χ1) is 8.61. The molecule has 0 fully saturated rings. The number of hydrogen-bond acceptors (Lipinski definition) is 1. The standard InChI is InChI=1S/C17H21N/c1-12-8-7-11-16(13(12)2)17(18)14(3)15-9-5-4-6-10-15/h4-11,14,17H,18H2,1-3H3. The molecule has 0 spiro atoms. The van der Waals surface area contributed by atoms with Crippen LogP contribution in [0.3, 0.4) is 0 Å². The molecule has 0 amide bonds. The number of rotatable bonds is 3. The van der Waals surface area contributed by atoms with Crippen molar-refractivity contribution in [3.8, 4) is 0 Å². The SMILES string of the molecule is Cc1cccc(C(N)C(C)c2ccccc2)c1C. The van der Waals surface area contributed by atoms with Gasteiger partial charge >= 0.3 is 0 Å². The van der Waals surface area contributed by atoms with Gasteiger partial charge in [-0.1, -0.05) is 55.5 Å². The Balaban J connectivity index is 2.31. The summed E-state index contributed by atoms with van der Waals surface area (Å²) in [7, 11) is 0. The second-order valence-corrected chi connectivity index (χ2v) is 5.01. The van der Waals surface area contributed by atoms with E-state index in [1.165, 1.54) is 22.3 Å². The minimum Gasteiger partial charge on any atom is -0.323 e. The molecule has 0 saturated carbocycles. The average molecular weight is 239 g/mol. The van der Waals surface area contributed by atoms with Crippen molar-refractivity contribution in [1.82, 2.24) is 0 Å². The lowest BCUT2D eigenvalue weighted by atomic mass is 9.86. The van der Waals surface area contributed by atoms with E-state index in [4.69, 9.17) is 5.73 Å². The molecule has 0 aromatic heterocycles.